The van der Waals surface area contributed by atoms with Gasteiger partial charge in [0.2, 0.25) is 0 Å². The van der Waals surface area contributed by atoms with Gasteiger partial charge in [-0.3, -0.25) is 9.88 Å². The van der Waals surface area contributed by atoms with E-state index in [1.54, 1.807) is 18.3 Å². The van der Waals surface area contributed by atoms with Crippen LogP contribution in [0.2, 0.25) is 0 Å². The van der Waals surface area contributed by atoms with E-state index in [2.05, 4.69) is 23.0 Å². The number of hydrogen-bond donors (Lipinski definition) is 1. The fraction of sp³-hybridized carbons (Fsp3) is 0.571. The van der Waals surface area contributed by atoms with Gasteiger partial charge in [-0.2, -0.15) is 5.26 Å². The molecule has 3 rings (SSSR count). The summed E-state index contributed by atoms with van der Waals surface area (Å²) in [5.74, 6) is 0. The number of pyridine rings is 1. The van der Waals surface area contributed by atoms with Gasteiger partial charge in [-0.1, -0.05) is 0 Å². The van der Waals surface area contributed by atoms with Crippen molar-refractivity contribution in [1.29, 1.82) is 5.26 Å². The maximum absolute atomic E-state index is 10.9. The van der Waals surface area contributed by atoms with E-state index < -0.39 is 5.60 Å². The molecule has 1 aromatic heterocycles. The van der Waals surface area contributed by atoms with Crippen LogP contribution in [0.4, 0.5) is 0 Å². The Labute approximate surface area is 112 Å². The van der Waals surface area contributed by atoms with E-state index in [9.17, 15) is 5.11 Å². The standard InChI is InChI=1S/C14H17N3O2/c1-17-11-5-14(18,6-12(17)9-19-8-11)13-4-10(7-15)2-3-16-13/h2-4,11-12,18H,5-6,8-9H2,1H3. The molecule has 0 spiro atoms. The minimum atomic E-state index is -0.946. The first-order valence-corrected chi connectivity index (χ1v) is 6.51. The van der Waals surface area contributed by atoms with Gasteiger partial charge in [0.15, 0.2) is 0 Å². The largest absolute Gasteiger partial charge is 0.383 e. The normalized spacial score (nSPS) is 34.8. The summed E-state index contributed by atoms with van der Waals surface area (Å²) >= 11 is 0. The van der Waals surface area contributed by atoms with E-state index in [1.807, 2.05) is 0 Å². The van der Waals surface area contributed by atoms with Gasteiger partial charge in [0, 0.05) is 18.3 Å². The van der Waals surface area contributed by atoms with Crippen LogP contribution in [0.5, 0.6) is 0 Å². The van der Waals surface area contributed by atoms with Crippen molar-refractivity contribution in [3.05, 3.63) is 29.6 Å². The third-order valence-corrected chi connectivity index (χ3v) is 4.28. The first-order chi connectivity index (χ1) is 9.12. The summed E-state index contributed by atoms with van der Waals surface area (Å²) in [4.78, 5) is 6.56. The van der Waals surface area contributed by atoms with Crippen molar-refractivity contribution in [2.45, 2.75) is 30.5 Å². The minimum absolute atomic E-state index is 0.213. The van der Waals surface area contributed by atoms with Crippen LogP contribution in [-0.4, -0.2) is 47.3 Å². The van der Waals surface area contributed by atoms with Crippen LogP contribution in [-0.2, 0) is 10.3 Å². The maximum atomic E-state index is 10.9. The molecule has 0 aliphatic carbocycles. The first-order valence-electron chi connectivity index (χ1n) is 6.51. The van der Waals surface area contributed by atoms with Gasteiger partial charge in [0.1, 0.15) is 5.60 Å². The number of nitriles is 1. The molecule has 1 N–H and O–H groups in total. The van der Waals surface area contributed by atoms with E-state index in [4.69, 9.17) is 10.00 Å². The molecule has 19 heavy (non-hydrogen) atoms. The molecular formula is C14H17N3O2. The van der Waals surface area contributed by atoms with E-state index in [0.29, 0.717) is 37.3 Å². The summed E-state index contributed by atoms with van der Waals surface area (Å²) in [7, 11) is 2.08. The molecule has 0 saturated carbocycles. The van der Waals surface area contributed by atoms with Gasteiger partial charge >= 0.3 is 0 Å². The number of aliphatic hydroxyl groups is 1. The van der Waals surface area contributed by atoms with Crippen molar-refractivity contribution in [3.63, 3.8) is 0 Å². The zero-order valence-corrected chi connectivity index (χ0v) is 10.9. The summed E-state index contributed by atoms with van der Waals surface area (Å²) in [5, 5.41) is 19.9. The lowest BCUT2D eigenvalue weighted by Gasteiger charge is -2.49. The lowest BCUT2D eigenvalue weighted by atomic mass is 9.79. The van der Waals surface area contributed by atoms with Crippen LogP contribution < -0.4 is 0 Å². The summed E-state index contributed by atoms with van der Waals surface area (Å²) in [6, 6.07) is 5.88. The van der Waals surface area contributed by atoms with Gasteiger partial charge in [0.05, 0.1) is 30.5 Å². The van der Waals surface area contributed by atoms with E-state index in [0.717, 1.165) is 0 Å². The predicted molar refractivity (Wildman–Crippen MR) is 68.2 cm³/mol. The Morgan fingerprint density at radius 2 is 2.16 bits per heavy atom. The smallest absolute Gasteiger partial charge is 0.110 e. The molecule has 2 fully saturated rings. The van der Waals surface area contributed by atoms with Gasteiger partial charge in [-0.05, 0) is 32.0 Å². The maximum Gasteiger partial charge on any atom is 0.110 e. The summed E-state index contributed by atoms with van der Waals surface area (Å²) in [6.45, 7) is 1.29. The highest BCUT2D eigenvalue weighted by molar-refractivity contribution is 5.31. The zero-order valence-electron chi connectivity index (χ0n) is 10.9. The highest BCUT2D eigenvalue weighted by atomic mass is 16.5. The van der Waals surface area contributed by atoms with Crippen molar-refractivity contribution < 1.29 is 9.84 Å². The Morgan fingerprint density at radius 3 is 2.79 bits per heavy atom. The summed E-state index contributed by atoms with van der Waals surface area (Å²) < 4.78 is 5.56. The van der Waals surface area contributed by atoms with Gasteiger partial charge < -0.3 is 9.84 Å². The lowest BCUT2D eigenvalue weighted by molar-refractivity contribution is -0.139. The topological polar surface area (TPSA) is 69.4 Å². The second-order valence-corrected chi connectivity index (χ2v) is 5.49. The Morgan fingerprint density at radius 1 is 1.47 bits per heavy atom. The summed E-state index contributed by atoms with van der Waals surface area (Å²) in [5.41, 5.74) is 0.202. The molecule has 0 aromatic carbocycles. The molecular weight excluding hydrogens is 242 g/mol. The number of hydrogen-bond acceptors (Lipinski definition) is 5. The molecule has 2 atom stereocenters. The van der Waals surface area contributed by atoms with Crippen molar-refractivity contribution in [2.75, 3.05) is 20.3 Å². The highest BCUT2D eigenvalue weighted by Gasteiger charge is 2.46. The third-order valence-electron chi connectivity index (χ3n) is 4.28. The molecule has 2 bridgehead atoms. The molecule has 2 saturated heterocycles. The fourth-order valence-corrected chi connectivity index (χ4v) is 3.11. The molecule has 1 aromatic rings. The zero-order chi connectivity index (χ0) is 13.5. The van der Waals surface area contributed by atoms with Crippen LogP contribution in [0.25, 0.3) is 0 Å². The van der Waals surface area contributed by atoms with Crippen molar-refractivity contribution in [3.8, 4) is 6.07 Å². The van der Waals surface area contributed by atoms with Crippen molar-refractivity contribution in [1.82, 2.24) is 9.88 Å². The predicted octanol–water partition coefficient (Wildman–Crippen LogP) is 0.634. The number of morpholine rings is 1. The average Bonchev–Trinajstić information content (AvgIpc) is 2.41. The molecule has 100 valence electrons. The number of ether oxygens (including phenoxy) is 1. The van der Waals surface area contributed by atoms with Crippen LogP contribution in [0.15, 0.2) is 18.3 Å². The second kappa shape index (κ2) is 4.57. The summed E-state index contributed by atoms with van der Waals surface area (Å²) in [6.07, 6.45) is 2.79. The Bertz CT molecular complexity index is 512. The second-order valence-electron chi connectivity index (χ2n) is 5.49. The minimum Gasteiger partial charge on any atom is -0.383 e. The quantitative estimate of drug-likeness (QED) is 0.801. The van der Waals surface area contributed by atoms with Gasteiger partial charge in [0.25, 0.3) is 0 Å². The number of aromatic nitrogens is 1. The Hall–Kier alpha value is -1.48. The molecule has 2 aliphatic rings. The van der Waals surface area contributed by atoms with E-state index in [1.165, 1.54) is 0 Å². The van der Waals surface area contributed by atoms with Gasteiger partial charge in [-0.15, -0.1) is 0 Å². The number of rotatable bonds is 1. The highest BCUT2D eigenvalue weighted by Crippen LogP contribution is 2.39. The lowest BCUT2D eigenvalue weighted by Crippen LogP contribution is -2.59. The fourth-order valence-electron chi connectivity index (χ4n) is 3.11. The Kier molecular flexibility index (Phi) is 3.02. The molecule has 2 aliphatic heterocycles. The van der Waals surface area contributed by atoms with Crippen LogP contribution in [0, 0.1) is 11.3 Å². The van der Waals surface area contributed by atoms with E-state index >= 15 is 0 Å². The Balaban J connectivity index is 1.93. The number of piperidine rings is 1. The van der Waals surface area contributed by atoms with E-state index in [-0.39, 0.29) is 12.1 Å². The molecule has 0 radical (unpaired) electrons. The molecule has 2 unspecified atom stereocenters. The average molecular weight is 259 g/mol. The number of nitrogens with zero attached hydrogens (tertiary/aromatic N) is 3. The van der Waals surface area contributed by atoms with Crippen molar-refractivity contribution in [2.24, 2.45) is 0 Å². The third kappa shape index (κ3) is 2.12. The van der Waals surface area contributed by atoms with Gasteiger partial charge in [-0.25, -0.2) is 0 Å². The SMILES string of the molecule is CN1C2COCC1CC(O)(c1cc(C#N)ccn1)C2. The molecule has 0 amide bonds. The van der Waals surface area contributed by atoms with Crippen LogP contribution in [0.3, 0.4) is 0 Å². The number of likely N-dealkylation sites (N-methyl/N-ethyl adjacent to an activating group) is 1. The molecule has 3 heterocycles. The first kappa shape index (κ1) is 12.5. The van der Waals surface area contributed by atoms with Crippen molar-refractivity contribution >= 4 is 0 Å². The molecule has 5 nitrogen and oxygen atoms in total. The van der Waals surface area contributed by atoms with Crippen LogP contribution >= 0.6 is 0 Å². The number of fused-ring (bicyclic) bond motifs is 2. The van der Waals surface area contributed by atoms with Crippen LogP contribution in [0.1, 0.15) is 24.1 Å². The molecule has 5 heteroatoms. The monoisotopic (exact) mass is 259 g/mol.